The van der Waals surface area contributed by atoms with E-state index in [1.807, 2.05) is 36.1 Å². The number of nitrogens with zero attached hydrogens (tertiary/aromatic N) is 2. The first-order chi connectivity index (χ1) is 20.0. The molecule has 228 valence electrons. The second-order valence-corrected chi connectivity index (χ2v) is 13.8. The van der Waals surface area contributed by atoms with Crippen LogP contribution in [0.2, 0.25) is 0 Å². The number of nitrogens with one attached hydrogen (secondary N) is 1. The van der Waals surface area contributed by atoms with Crippen LogP contribution in [0.25, 0.3) is 0 Å². The molecular weight excluding hydrogens is 556 g/mol. The molecule has 5 N–H and O–H groups in total. The molecule has 2 fully saturated rings. The van der Waals surface area contributed by atoms with E-state index in [4.69, 9.17) is 15.5 Å². The van der Waals surface area contributed by atoms with Crippen LogP contribution in [0.1, 0.15) is 68.0 Å². The highest BCUT2D eigenvalue weighted by molar-refractivity contribution is 7.15. The van der Waals surface area contributed by atoms with Crippen molar-refractivity contribution in [1.29, 1.82) is 0 Å². The number of anilines is 1. The number of piperidine rings is 1. The van der Waals surface area contributed by atoms with Gasteiger partial charge < -0.3 is 30.9 Å². The molecule has 2 heterocycles. The maximum Gasteiger partial charge on any atom is 0.230 e. The Balaban J connectivity index is 1.40. The number of methoxy groups -OCH3 is 1. The first kappa shape index (κ1) is 30.4. The number of hydrogen-bond acceptors (Lipinski definition) is 8. The summed E-state index contributed by atoms with van der Waals surface area (Å²) in [5.74, 6) is -0.296. The number of aromatic nitrogens is 1. The van der Waals surface area contributed by atoms with Crippen molar-refractivity contribution in [3.63, 3.8) is 0 Å². The Labute approximate surface area is 250 Å². The summed E-state index contributed by atoms with van der Waals surface area (Å²) in [5.41, 5.74) is 6.06. The summed E-state index contributed by atoms with van der Waals surface area (Å²) in [5, 5.41) is 25.0. The average Bonchev–Trinajstić information content (AvgIpc) is 3.38. The standard InChI is InChI=1S/C31H42N4O6S/c1-30-11-8-24(37)31(2,17-36)23(30)16-22-27(21(30)15-26(39)35-12-9-19(10-13-35)28(32)40)34-29(42-22)33-25(38)14-18-4-6-20(41-3)7-5-18/h4-7,19,21,23-24,36-37H,8-17H2,1-3H3,(H2,32,40)(H,33,34,38)/t21-,23+,24-,30+,31+/m1/s1. The fraction of sp³-hybridized carbons (Fsp3) is 0.613. The summed E-state index contributed by atoms with van der Waals surface area (Å²) in [6.45, 7) is 4.93. The van der Waals surface area contributed by atoms with Crippen LogP contribution in [-0.2, 0) is 27.2 Å². The predicted molar refractivity (Wildman–Crippen MR) is 159 cm³/mol. The van der Waals surface area contributed by atoms with Crippen molar-refractivity contribution < 1.29 is 29.3 Å². The molecule has 1 aliphatic heterocycles. The van der Waals surface area contributed by atoms with Crippen molar-refractivity contribution in [3.05, 3.63) is 40.4 Å². The maximum absolute atomic E-state index is 13.7. The molecular formula is C31H42N4O6S. The molecule has 42 heavy (non-hydrogen) atoms. The minimum atomic E-state index is -0.729. The number of benzene rings is 1. The van der Waals surface area contributed by atoms with Gasteiger partial charge in [0.05, 0.1) is 31.9 Å². The van der Waals surface area contributed by atoms with Gasteiger partial charge >= 0.3 is 0 Å². The van der Waals surface area contributed by atoms with Crippen molar-refractivity contribution in [3.8, 4) is 5.75 Å². The Morgan fingerprint density at radius 3 is 2.48 bits per heavy atom. The van der Waals surface area contributed by atoms with Gasteiger partial charge in [0.1, 0.15) is 5.75 Å². The highest BCUT2D eigenvalue weighted by atomic mass is 32.1. The third kappa shape index (κ3) is 5.66. The first-order valence-electron chi connectivity index (χ1n) is 14.8. The third-order valence-corrected chi connectivity index (χ3v) is 11.3. The van der Waals surface area contributed by atoms with E-state index >= 15 is 0 Å². The van der Waals surface area contributed by atoms with Gasteiger partial charge in [-0.15, -0.1) is 11.3 Å². The molecule has 0 unspecified atom stereocenters. The molecule has 11 heteroatoms. The average molecular weight is 599 g/mol. The largest absolute Gasteiger partial charge is 0.497 e. The number of likely N-dealkylation sites (tertiary alicyclic amines) is 1. The topological polar surface area (TPSA) is 155 Å². The number of carbonyl (C=O) groups excluding carboxylic acids is 3. The molecule has 3 aliphatic rings. The molecule has 5 rings (SSSR count). The van der Waals surface area contributed by atoms with Gasteiger partial charge in [0.25, 0.3) is 0 Å². The molecule has 1 saturated heterocycles. The van der Waals surface area contributed by atoms with Gasteiger partial charge in [-0.05, 0) is 61.1 Å². The summed E-state index contributed by atoms with van der Waals surface area (Å²) < 4.78 is 5.20. The summed E-state index contributed by atoms with van der Waals surface area (Å²) in [6.07, 6.45) is 2.74. The van der Waals surface area contributed by atoms with E-state index in [0.29, 0.717) is 50.3 Å². The van der Waals surface area contributed by atoms with Crippen LogP contribution < -0.4 is 15.8 Å². The number of rotatable bonds is 8. The van der Waals surface area contributed by atoms with Crippen molar-refractivity contribution in [2.24, 2.45) is 28.4 Å². The van der Waals surface area contributed by atoms with Crippen LogP contribution >= 0.6 is 11.3 Å². The van der Waals surface area contributed by atoms with Gasteiger partial charge in [-0.25, -0.2) is 4.98 Å². The minimum Gasteiger partial charge on any atom is -0.497 e. The van der Waals surface area contributed by atoms with E-state index in [0.717, 1.165) is 21.9 Å². The lowest BCUT2D eigenvalue weighted by Gasteiger charge is -2.58. The Hall–Kier alpha value is -3.02. The zero-order chi connectivity index (χ0) is 30.2. The second kappa shape index (κ2) is 11.9. The van der Waals surface area contributed by atoms with E-state index in [1.165, 1.54) is 11.3 Å². The van der Waals surface area contributed by atoms with Crippen LogP contribution in [0.5, 0.6) is 5.75 Å². The van der Waals surface area contributed by atoms with Gasteiger partial charge in [0.2, 0.25) is 17.7 Å². The zero-order valence-corrected chi connectivity index (χ0v) is 25.4. The number of hydrogen-bond donors (Lipinski definition) is 4. The SMILES string of the molecule is COc1ccc(CC(=O)Nc2nc3c(s2)C[C@@H]2[C@](C)(CO)[C@H](O)CC[C@@]2(C)[C@@H]3CC(=O)N2CCC(C(N)=O)CC2)cc1. The molecule has 0 radical (unpaired) electrons. The van der Waals surface area contributed by atoms with E-state index in [2.05, 4.69) is 12.2 Å². The van der Waals surface area contributed by atoms with E-state index < -0.39 is 11.5 Å². The number of fused-ring (bicyclic) bond motifs is 2. The fourth-order valence-corrected chi connectivity index (χ4v) is 8.59. The molecule has 0 bridgehead atoms. The zero-order valence-electron chi connectivity index (χ0n) is 24.6. The molecule has 10 nitrogen and oxygen atoms in total. The van der Waals surface area contributed by atoms with Gasteiger partial charge in [-0.1, -0.05) is 26.0 Å². The van der Waals surface area contributed by atoms with E-state index in [9.17, 15) is 24.6 Å². The Morgan fingerprint density at radius 2 is 1.86 bits per heavy atom. The minimum absolute atomic E-state index is 0.00524. The van der Waals surface area contributed by atoms with E-state index in [-0.39, 0.29) is 60.3 Å². The fourth-order valence-electron chi connectivity index (χ4n) is 7.51. The van der Waals surface area contributed by atoms with Crippen molar-refractivity contribution in [2.45, 2.75) is 70.8 Å². The van der Waals surface area contributed by atoms with Crippen molar-refractivity contribution in [1.82, 2.24) is 9.88 Å². The highest BCUT2D eigenvalue weighted by Crippen LogP contribution is 2.63. The lowest BCUT2D eigenvalue weighted by Crippen LogP contribution is -2.58. The summed E-state index contributed by atoms with van der Waals surface area (Å²) >= 11 is 1.41. The number of thiazole rings is 1. The lowest BCUT2D eigenvalue weighted by molar-refractivity contribution is -0.148. The van der Waals surface area contributed by atoms with Gasteiger partial charge in [0.15, 0.2) is 5.13 Å². The van der Waals surface area contributed by atoms with Gasteiger partial charge in [0, 0.05) is 41.6 Å². The smallest absolute Gasteiger partial charge is 0.230 e. The van der Waals surface area contributed by atoms with Crippen LogP contribution in [0, 0.1) is 22.7 Å². The quantitative estimate of drug-likeness (QED) is 0.364. The molecule has 2 aromatic rings. The van der Waals surface area contributed by atoms with Gasteiger partial charge in [-0.2, -0.15) is 0 Å². The van der Waals surface area contributed by atoms with Crippen molar-refractivity contribution in [2.75, 3.05) is 32.1 Å². The number of ether oxygens (including phenoxy) is 1. The molecule has 5 atom stereocenters. The molecule has 1 aromatic heterocycles. The van der Waals surface area contributed by atoms with Crippen LogP contribution in [0.3, 0.4) is 0 Å². The summed E-state index contributed by atoms with van der Waals surface area (Å²) in [7, 11) is 1.60. The molecule has 0 spiro atoms. The normalized spacial score (nSPS) is 29.4. The monoisotopic (exact) mass is 598 g/mol. The Kier molecular flexibility index (Phi) is 8.65. The van der Waals surface area contributed by atoms with Crippen molar-refractivity contribution >= 4 is 34.2 Å². The lowest BCUT2D eigenvalue weighted by atomic mass is 9.47. The molecule has 2 aliphatic carbocycles. The Morgan fingerprint density at radius 1 is 1.17 bits per heavy atom. The van der Waals surface area contributed by atoms with Gasteiger partial charge in [-0.3, -0.25) is 14.4 Å². The summed E-state index contributed by atoms with van der Waals surface area (Å²) in [4.78, 5) is 46.0. The van der Waals surface area contributed by atoms with Crippen LogP contribution in [0.4, 0.5) is 5.13 Å². The molecule has 1 saturated carbocycles. The number of carbonyl (C=O) groups is 3. The third-order valence-electron chi connectivity index (χ3n) is 10.3. The van der Waals surface area contributed by atoms with Crippen LogP contribution in [0.15, 0.2) is 24.3 Å². The summed E-state index contributed by atoms with van der Waals surface area (Å²) in [6, 6.07) is 7.34. The number of nitrogens with two attached hydrogens (primary N) is 1. The number of amides is 3. The number of aliphatic hydroxyl groups is 2. The maximum atomic E-state index is 13.7. The number of primary amides is 1. The second-order valence-electron chi connectivity index (χ2n) is 12.7. The van der Waals surface area contributed by atoms with Crippen LogP contribution in [-0.4, -0.2) is 70.7 Å². The highest BCUT2D eigenvalue weighted by Gasteiger charge is 2.59. The van der Waals surface area contributed by atoms with E-state index in [1.54, 1.807) is 7.11 Å². The molecule has 1 aromatic carbocycles. The Bertz CT molecular complexity index is 1320. The number of aliphatic hydroxyl groups excluding tert-OH is 2. The predicted octanol–water partition coefficient (Wildman–Crippen LogP) is 2.86. The molecule has 3 amide bonds. The first-order valence-corrected chi connectivity index (χ1v) is 15.6.